The first-order chi connectivity index (χ1) is 17.3. The molecule has 3 aromatic carbocycles. The SMILES string of the molecule is Cc1cccc(NC(=O)CSc2nnc(CNC(=O)c3c(F)cccc3Cl)n2-c2ccc(F)cc2)c1. The van der Waals surface area contributed by atoms with Crippen molar-refractivity contribution in [1.29, 1.82) is 0 Å². The van der Waals surface area contributed by atoms with Crippen LogP contribution in [0, 0.1) is 18.6 Å². The maximum absolute atomic E-state index is 14.1. The Bertz CT molecular complexity index is 1390. The minimum absolute atomic E-state index is 0.0247. The number of benzene rings is 3. The highest BCUT2D eigenvalue weighted by Gasteiger charge is 2.19. The number of nitrogens with zero attached hydrogens (tertiary/aromatic N) is 3. The summed E-state index contributed by atoms with van der Waals surface area (Å²) < 4.78 is 29.2. The smallest absolute Gasteiger partial charge is 0.256 e. The second-order valence-corrected chi connectivity index (χ2v) is 9.05. The Balaban J connectivity index is 1.52. The van der Waals surface area contributed by atoms with E-state index in [1.165, 1.54) is 36.4 Å². The summed E-state index contributed by atoms with van der Waals surface area (Å²) in [7, 11) is 0. The number of halogens is 3. The van der Waals surface area contributed by atoms with Gasteiger partial charge in [0.15, 0.2) is 11.0 Å². The molecule has 2 N–H and O–H groups in total. The zero-order valence-electron chi connectivity index (χ0n) is 19.0. The van der Waals surface area contributed by atoms with Gasteiger partial charge in [0.1, 0.15) is 11.6 Å². The summed E-state index contributed by atoms with van der Waals surface area (Å²) in [6.07, 6.45) is 0. The number of anilines is 1. The summed E-state index contributed by atoms with van der Waals surface area (Å²) in [5.41, 5.74) is 1.93. The fourth-order valence-electron chi connectivity index (χ4n) is 3.37. The normalized spacial score (nSPS) is 10.8. The van der Waals surface area contributed by atoms with Gasteiger partial charge in [-0.2, -0.15) is 0 Å². The Hall–Kier alpha value is -3.76. The fraction of sp³-hybridized carbons (Fsp3) is 0.120. The zero-order chi connectivity index (χ0) is 25.7. The summed E-state index contributed by atoms with van der Waals surface area (Å²) >= 11 is 7.10. The largest absolute Gasteiger partial charge is 0.345 e. The van der Waals surface area contributed by atoms with Crippen molar-refractivity contribution in [3.8, 4) is 5.69 Å². The van der Waals surface area contributed by atoms with E-state index in [9.17, 15) is 18.4 Å². The van der Waals surface area contributed by atoms with E-state index in [-0.39, 0.29) is 28.8 Å². The maximum atomic E-state index is 14.1. The number of nitrogens with one attached hydrogen (secondary N) is 2. The van der Waals surface area contributed by atoms with E-state index in [2.05, 4.69) is 20.8 Å². The average Bonchev–Trinajstić information content (AvgIpc) is 3.24. The molecule has 4 aromatic rings. The molecule has 36 heavy (non-hydrogen) atoms. The third-order valence-electron chi connectivity index (χ3n) is 5.02. The highest BCUT2D eigenvalue weighted by Crippen LogP contribution is 2.24. The summed E-state index contributed by atoms with van der Waals surface area (Å²) in [5.74, 6) is -1.82. The lowest BCUT2D eigenvalue weighted by atomic mass is 10.2. The minimum Gasteiger partial charge on any atom is -0.345 e. The third kappa shape index (κ3) is 6.07. The van der Waals surface area contributed by atoms with Crippen LogP contribution in [0.4, 0.5) is 14.5 Å². The Kier molecular flexibility index (Phi) is 7.97. The van der Waals surface area contributed by atoms with Crippen molar-refractivity contribution >= 4 is 40.9 Å². The van der Waals surface area contributed by atoms with Crippen molar-refractivity contribution in [3.05, 3.63) is 100 Å². The van der Waals surface area contributed by atoms with Gasteiger partial charge >= 0.3 is 0 Å². The molecule has 0 atom stereocenters. The van der Waals surface area contributed by atoms with E-state index >= 15 is 0 Å². The van der Waals surface area contributed by atoms with E-state index in [0.29, 0.717) is 22.4 Å². The molecule has 0 bridgehead atoms. The lowest BCUT2D eigenvalue weighted by Crippen LogP contribution is -2.26. The predicted octanol–water partition coefficient (Wildman–Crippen LogP) is 5.17. The van der Waals surface area contributed by atoms with Gasteiger partial charge in [0, 0.05) is 11.4 Å². The Morgan fingerprint density at radius 2 is 1.78 bits per heavy atom. The summed E-state index contributed by atoms with van der Waals surface area (Å²) in [5, 5.41) is 14.0. The van der Waals surface area contributed by atoms with Gasteiger partial charge in [0.2, 0.25) is 5.91 Å². The zero-order valence-corrected chi connectivity index (χ0v) is 20.5. The van der Waals surface area contributed by atoms with Gasteiger partial charge in [-0.25, -0.2) is 8.78 Å². The van der Waals surface area contributed by atoms with Crippen molar-refractivity contribution in [2.24, 2.45) is 0 Å². The van der Waals surface area contributed by atoms with Crippen molar-refractivity contribution < 1.29 is 18.4 Å². The van der Waals surface area contributed by atoms with Gasteiger partial charge in [-0.3, -0.25) is 14.2 Å². The van der Waals surface area contributed by atoms with Gasteiger partial charge in [-0.05, 0) is 61.0 Å². The van der Waals surface area contributed by atoms with Crippen LogP contribution in [-0.4, -0.2) is 32.3 Å². The number of hydrogen-bond donors (Lipinski definition) is 2. The van der Waals surface area contributed by atoms with Crippen LogP contribution in [0.2, 0.25) is 5.02 Å². The van der Waals surface area contributed by atoms with E-state index in [0.717, 1.165) is 23.4 Å². The van der Waals surface area contributed by atoms with Gasteiger partial charge in [-0.1, -0.05) is 41.6 Å². The molecule has 1 aromatic heterocycles. The van der Waals surface area contributed by atoms with Crippen LogP contribution in [0.15, 0.2) is 71.9 Å². The molecule has 0 aliphatic heterocycles. The molecule has 0 radical (unpaired) electrons. The highest BCUT2D eigenvalue weighted by atomic mass is 35.5. The second kappa shape index (κ2) is 11.3. The number of aromatic nitrogens is 3. The number of amides is 2. The molecule has 2 amide bonds. The van der Waals surface area contributed by atoms with Crippen molar-refractivity contribution in [2.75, 3.05) is 11.1 Å². The predicted molar refractivity (Wildman–Crippen MR) is 134 cm³/mol. The minimum atomic E-state index is -0.754. The number of hydrogen-bond acceptors (Lipinski definition) is 5. The topological polar surface area (TPSA) is 88.9 Å². The van der Waals surface area contributed by atoms with E-state index in [4.69, 9.17) is 11.6 Å². The molecule has 0 aliphatic carbocycles. The molecule has 11 heteroatoms. The lowest BCUT2D eigenvalue weighted by Gasteiger charge is -2.12. The van der Waals surface area contributed by atoms with Gasteiger partial charge in [0.25, 0.3) is 5.91 Å². The van der Waals surface area contributed by atoms with Crippen LogP contribution in [-0.2, 0) is 11.3 Å². The number of carbonyl (C=O) groups is 2. The number of carbonyl (C=O) groups excluding carboxylic acids is 2. The lowest BCUT2D eigenvalue weighted by molar-refractivity contribution is -0.113. The van der Waals surface area contributed by atoms with Crippen LogP contribution >= 0.6 is 23.4 Å². The summed E-state index contributed by atoms with van der Waals surface area (Å²) in [6, 6.07) is 17.0. The third-order valence-corrected chi connectivity index (χ3v) is 6.26. The van der Waals surface area contributed by atoms with Crippen LogP contribution in [0.5, 0.6) is 0 Å². The van der Waals surface area contributed by atoms with E-state index in [1.54, 1.807) is 10.6 Å². The number of aryl methyl sites for hydroxylation is 1. The number of rotatable bonds is 8. The Morgan fingerprint density at radius 3 is 2.50 bits per heavy atom. The molecular weight excluding hydrogens is 508 g/mol. The summed E-state index contributed by atoms with van der Waals surface area (Å²) in [6.45, 7) is 1.81. The van der Waals surface area contributed by atoms with Crippen molar-refractivity contribution in [2.45, 2.75) is 18.6 Å². The molecule has 0 unspecified atom stereocenters. The van der Waals surface area contributed by atoms with Gasteiger partial charge < -0.3 is 10.6 Å². The summed E-state index contributed by atoms with van der Waals surface area (Å²) in [4.78, 5) is 25.1. The van der Waals surface area contributed by atoms with Gasteiger partial charge in [0.05, 0.1) is 22.9 Å². The average molecular weight is 528 g/mol. The van der Waals surface area contributed by atoms with Crippen LogP contribution in [0.1, 0.15) is 21.7 Å². The number of thioether (sulfide) groups is 1. The van der Waals surface area contributed by atoms with Crippen LogP contribution in [0.25, 0.3) is 5.69 Å². The molecule has 184 valence electrons. The second-order valence-electron chi connectivity index (χ2n) is 7.70. The molecule has 0 aliphatic rings. The van der Waals surface area contributed by atoms with Crippen molar-refractivity contribution in [3.63, 3.8) is 0 Å². The van der Waals surface area contributed by atoms with Crippen LogP contribution < -0.4 is 10.6 Å². The Labute approximate surface area is 214 Å². The van der Waals surface area contributed by atoms with Crippen LogP contribution in [0.3, 0.4) is 0 Å². The first-order valence-corrected chi connectivity index (χ1v) is 12.1. The Morgan fingerprint density at radius 1 is 1.03 bits per heavy atom. The van der Waals surface area contributed by atoms with E-state index in [1.807, 2.05) is 25.1 Å². The quantitative estimate of drug-likeness (QED) is 0.309. The molecule has 7 nitrogen and oxygen atoms in total. The first-order valence-electron chi connectivity index (χ1n) is 10.7. The molecule has 4 rings (SSSR count). The van der Waals surface area contributed by atoms with Gasteiger partial charge in [-0.15, -0.1) is 10.2 Å². The van der Waals surface area contributed by atoms with E-state index < -0.39 is 17.5 Å². The first kappa shape index (κ1) is 25.3. The molecule has 0 saturated carbocycles. The molecular formula is C25H20ClF2N5O2S. The molecule has 1 heterocycles. The fourth-order valence-corrected chi connectivity index (χ4v) is 4.39. The van der Waals surface area contributed by atoms with Crippen molar-refractivity contribution in [1.82, 2.24) is 20.1 Å². The molecule has 0 spiro atoms. The maximum Gasteiger partial charge on any atom is 0.256 e. The monoisotopic (exact) mass is 527 g/mol. The molecule has 0 fully saturated rings. The standard InChI is InChI=1S/C25H20ClF2N5O2S/c1-15-4-2-5-17(12-15)30-22(34)14-36-25-32-31-21(33(25)18-10-8-16(27)9-11-18)13-29-24(35)23-19(26)6-3-7-20(23)28/h2-12H,13-14H2,1H3,(H,29,35)(H,30,34). The highest BCUT2D eigenvalue weighted by molar-refractivity contribution is 7.99. The molecule has 0 saturated heterocycles.